The lowest BCUT2D eigenvalue weighted by Crippen LogP contribution is -2.13. The van der Waals surface area contributed by atoms with Crippen molar-refractivity contribution in [2.24, 2.45) is 5.73 Å². The Morgan fingerprint density at radius 1 is 1.46 bits per heavy atom. The van der Waals surface area contributed by atoms with E-state index in [1.165, 1.54) is 5.57 Å². The van der Waals surface area contributed by atoms with Crippen molar-refractivity contribution in [1.82, 2.24) is 10.2 Å². The molecule has 4 heteroatoms. The second-order valence-electron chi connectivity index (χ2n) is 3.25. The topological polar surface area (TPSA) is 71.8 Å². The zero-order valence-electron chi connectivity index (χ0n) is 6.79. The van der Waals surface area contributed by atoms with Gasteiger partial charge in [-0.05, 0) is 11.1 Å². The third-order valence-electron chi connectivity index (χ3n) is 2.51. The van der Waals surface area contributed by atoms with Crippen molar-refractivity contribution in [2.75, 3.05) is 0 Å². The summed E-state index contributed by atoms with van der Waals surface area (Å²) in [4.78, 5) is 11.0. The van der Waals surface area contributed by atoms with Crippen LogP contribution in [0, 0.1) is 0 Å². The van der Waals surface area contributed by atoms with E-state index < -0.39 is 5.91 Å². The second kappa shape index (κ2) is 1.90. The van der Waals surface area contributed by atoms with E-state index in [-0.39, 0.29) is 0 Å². The molecule has 0 unspecified atom stereocenters. The molecule has 0 radical (unpaired) electrons. The van der Waals surface area contributed by atoms with Crippen LogP contribution in [0.15, 0.2) is 12.2 Å². The molecule has 3 N–H and O–H groups in total. The summed E-state index contributed by atoms with van der Waals surface area (Å²) < 4.78 is 0. The van der Waals surface area contributed by atoms with E-state index >= 15 is 0 Å². The van der Waals surface area contributed by atoms with Crippen LogP contribution >= 0.6 is 0 Å². The predicted molar refractivity (Wildman–Crippen MR) is 47.7 cm³/mol. The number of aromatic nitrogens is 2. The molecular formula is C9H7N3O. The molecule has 1 heterocycles. The molecule has 0 saturated carbocycles. The molecule has 2 aliphatic carbocycles. The van der Waals surface area contributed by atoms with Gasteiger partial charge in [0.25, 0.3) is 5.91 Å². The number of nitrogens with zero attached hydrogens (tertiary/aromatic N) is 1. The first kappa shape index (κ1) is 6.65. The number of aromatic amines is 1. The first-order valence-electron chi connectivity index (χ1n) is 4.06. The molecule has 0 aromatic carbocycles. The van der Waals surface area contributed by atoms with E-state index in [0.717, 1.165) is 23.3 Å². The Kier molecular flexibility index (Phi) is 0.974. The molecule has 0 atom stereocenters. The Balaban J connectivity index is 2.31. The van der Waals surface area contributed by atoms with Crippen molar-refractivity contribution < 1.29 is 4.79 Å². The van der Waals surface area contributed by atoms with Gasteiger partial charge < -0.3 is 5.73 Å². The number of rotatable bonds is 1. The molecular weight excluding hydrogens is 166 g/mol. The quantitative estimate of drug-likeness (QED) is 0.655. The first-order valence-corrected chi connectivity index (χ1v) is 4.06. The van der Waals surface area contributed by atoms with Crippen LogP contribution in [-0.4, -0.2) is 16.1 Å². The summed E-state index contributed by atoms with van der Waals surface area (Å²) in [5.74, 6) is -0.466. The Morgan fingerprint density at radius 3 is 3.00 bits per heavy atom. The monoisotopic (exact) mass is 173 g/mol. The molecule has 13 heavy (non-hydrogen) atoms. The molecule has 2 aliphatic rings. The predicted octanol–water partition coefficient (Wildman–Crippen LogP) is 0.693. The Labute approximate surface area is 74.1 Å². The highest BCUT2D eigenvalue weighted by molar-refractivity contribution is 6.05. The molecule has 4 nitrogen and oxygen atoms in total. The smallest absolute Gasteiger partial charge is 0.269 e. The summed E-state index contributed by atoms with van der Waals surface area (Å²) in [6, 6.07) is 0. The molecule has 0 fully saturated rings. The lowest BCUT2D eigenvalue weighted by Gasteiger charge is -1.96. The minimum atomic E-state index is -0.466. The van der Waals surface area contributed by atoms with E-state index in [0.29, 0.717) is 5.69 Å². The SMILES string of the molecule is NC(=O)c1n[nH]c2c1C1=CC=C2C1. The summed E-state index contributed by atoms with van der Waals surface area (Å²) in [7, 11) is 0. The number of carbonyl (C=O) groups is 1. The van der Waals surface area contributed by atoms with Crippen molar-refractivity contribution in [3.8, 4) is 0 Å². The van der Waals surface area contributed by atoms with E-state index in [4.69, 9.17) is 5.73 Å². The third kappa shape index (κ3) is 0.654. The number of fused-ring (bicyclic) bond motifs is 5. The molecule has 2 bridgehead atoms. The van der Waals surface area contributed by atoms with Crippen molar-refractivity contribution >= 4 is 17.1 Å². The molecule has 1 aromatic heterocycles. The number of nitrogens with two attached hydrogens (primary N) is 1. The summed E-state index contributed by atoms with van der Waals surface area (Å²) in [6.07, 6.45) is 4.96. The van der Waals surface area contributed by atoms with Crippen LogP contribution in [0.3, 0.4) is 0 Å². The van der Waals surface area contributed by atoms with E-state index in [1.54, 1.807) is 0 Å². The maximum Gasteiger partial charge on any atom is 0.269 e. The molecule has 1 aromatic rings. The molecule has 0 spiro atoms. The fraction of sp³-hybridized carbons (Fsp3) is 0.111. The van der Waals surface area contributed by atoms with Gasteiger partial charge in [-0.2, -0.15) is 5.10 Å². The van der Waals surface area contributed by atoms with Crippen molar-refractivity contribution in [3.63, 3.8) is 0 Å². The lowest BCUT2D eigenvalue weighted by molar-refractivity contribution is 0.0995. The number of allylic oxidation sites excluding steroid dienone is 4. The molecule has 1 amide bonds. The van der Waals surface area contributed by atoms with Crippen LogP contribution < -0.4 is 5.73 Å². The van der Waals surface area contributed by atoms with Crippen LogP contribution in [0.2, 0.25) is 0 Å². The number of carbonyl (C=O) groups excluding carboxylic acids is 1. The van der Waals surface area contributed by atoms with Gasteiger partial charge in [-0.1, -0.05) is 12.2 Å². The number of amides is 1. The summed E-state index contributed by atoms with van der Waals surface area (Å²) in [5.41, 5.74) is 9.78. The van der Waals surface area contributed by atoms with Crippen molar-refractivity contribution in [2.45, 2.75) is 6.42 Å². The van der Waals surface area contributed by atoms with Gasteiger partial charge in [0, 0.05) is 12.0 Å². The molecule has 0 aliphatic heterocycles. The molecule has 3 rings (SSSR count). The highest BCUT2D eigenvalue weighted by atomic mass is 16.1. The van der Waals surface area contributed by atoms with E-state index in [9.17, 15) is 4.79 Å². The van der Waals surface area contributed by atoms with E-state index in [1.807, 2.05) is 12.2 Å². The standard InChI is InChI=1S/C9H7N3O/c10-9(13)8-6-4-1-2-5(3-4)7(6)11-12-8/h1-2H,3H2,(H2,10,13)(H,11,12). The van der Waals surface area contributed by atoms with Crippen LogP contribution in [0.4, 0.5) is 0 Å². The third-order valence-corrected chi connectivity index (χ3v) is 2.51. The highest BCUT2D eigenvalue weighted by Gasteiger charge is 2.31. The maximum absolute atomic E-state index is 11.0. The highest BCUT2D eigenvalue weighted by Crippen LogP contribution is 2.44. The van der Waals surface area contributed by atoms with Crippen LogP contribution in [-0.2, 0) is 0 Å². The molecule has 0 saturated heterocycles. The number of nitrogens with one attached hydrogen (secondary N) is 1. The van der Waals surface area contributed by atoms with Gasteiger partial charge in [0.2, 0.25) is 0 Å². The summed E-state index contributed by atoms with van der Waals surface area (Å²) >= 11 is 0. The van der Waals surface area contributed by atoms with Crippen LogP contribution in [0.1, 0.15) is 28.2 Å². The summed E-state index contributed by atoms with van der Waals surface area (Å²) in [5, 5.41) is 6.74. The number of H-pyrrole nitrogens is 1. The maximum atomic E-state index is 11.0. The van der Waals surface area contributed by atoms with Crippen LogP contribution in [0.5, 0.6) is 0 Å². The average molecular weight is 173 g/mol. The van der Waals surface area contributed by atoms with Gasteiger partial charge >= 0.3 is 0 Å². The lowest BCUT2D eigenvalue weighted by atomic mass is 10.1. The fourth-order valence-electron chi connectivity index (χ4n) is 1.93. The van der Waals surface area contributed by atoms with Gasteiger partial charge in [0.05, 0.1) is 5.69 Å². The fourth-order valence-corrected chi connectivity index (χ4v) is 1.93. The van der Waals surface area contributed by atoms with Gasteiger partial charge in [-0.25, -0.2) is 0 Å². The van der Waals surface area contributed by atoms with Crippen LogP contribution in [0.25, 0.3) is 11.1 Å². The first-order chi connectivity index (χ1) is 6.27. The van der Waals surface area contributed by atoms with Gasteiger partial charge in [0.15, 0.2) is 5.69 Å². The van der Waals surface area contributed by atoms with Gasteiger partial charge in [0.1, 0.15) is 0 Å². The normalized spacial score (nSPS) is 16.9. The minimum Gasteiger partial charge on any atom is -0.364 e. The number of primary amides is 1. The van der Waals surface area contributed by atoms with E-state index in [2.05, 4.69) is 10.2 Å². The molecule has 64 valence electrons. The summed E-state index contributed by atoms with van der Waals surface area (Å²) in [6.45, 7) is 0. The van der Waals surface area contributed by atoms with Gasteiger partial charge in [-0.3, -0.25) is 9.89 Å². The van der Waals surface area contributed by atoms with Crippen molar-refractivity contribution in [3.05, 3.63) is 29.1 Å². The Bertz CT molecular complexity index is 479. The average Bonchev–Trinajstić information content (AvgIpc) is 2.76. The largest absolute Gasteiger partial charge is 0.364 e. The minimum absolute atomic E-state index is 0.365. The Morgan fingerprint density at radius 2 is 2.23 bits per heavy atom. The number of hydrogen-bond acceptors (Lipinski definition) is 2. The van der Waals surface area contributed by atoms with Crippen molar-refractivity contribution in [1.29, 1.82) is 0 Å². The Hall–Kier alpha value is -1.84. The second-order valence-corrected chi connectivity index (χ2v) is 3.25. The van der Waals surface area contributed by atoms with Gasteiger partial charge in [-0.15, -0.1) is 0 Å². The zero-order chi connectivity index (χ0) is 9.00. The number of hydrogen-bond donors (Lipinski definition) is 2. The zero-order valence-corrected chi connectivity index (χ0v) is 6.79.